The molecule has 3 nitrogen and oxygen atoms in total. The van der Waals surface area contributed by atoms with Gasteiger partial charge in [-0.1, -0.05) is 54.0 Å². The van der Waals surface area contributed by atoms with Crippen molar-refractivity contribution in [1.82, 2.24) is 0 Å². The van der Waals surface area contributed by atoms with Gasteiger partial charge in [0.25, 0.3) is 0 Å². The zero-order chi connectivity index (χ0) is 24.2. The van der Waals surface area contributed by atoms with Gasteiger partial charge in [-0.05, 0) is 91.4 Å². The number of Topliss-reactive ketones (excluding diaryl/α,β-unsaturated/α-hetero) is 1. The van der Waals surface area contributed by atoms with E-state index in [2.05, 4.69) is 48.5 Å². The van der Waals surface area contributed by atoms with E-state index in [9.17, 15) is 14.7 Å². The number of fused-ring (bicyclic) bond motifs is 6. The van der Waals surface area contributed by atoms with E-state index in [0.717, 1.165) is 51.4 Å². The van der Waals surface area contributed by atoms with E-state index in [1.807, 2.05) is 6.08 Å². The highest BCUT2D eigenvalue weighted by atomic mass is 16.3. The number of ketones is 2. The topological polar surface area (TPSA) is 54.4 Å². The Balaban J connectivity index is 1.55. The second kappa shape index (κ2) is 7.05. The summed E-state index contributed by atoms with van der Waals surface area (Å²) in [7, 11) is 0. The third kappa shape index (κ3) is 3.02. The Morgan fingerprint density at radius 3 is 2.21 bits per heavy atom. The molecule has 8 atom stereocenters. The van der Waals surface area contributed by atoms with Crippen LogP contribution < -0.4 is 0 Å². The van der Waals surface area contributed by atoms with Crippen LogP contribution in [0.2, 0.25) is 0 Å². The molecule has 184 valence electrons. The van der Waals surface area contributed by atoms with Crippen LogP contribution in [0.15, 0.2) is 11.6 Å². The van der Waals surface area contributed by atoms with Gasteiger partial charge in [-0.15, -0.1) is 0 Å². The Kier molecular flexibility index (Phi) is 5.08. The molecule has 4 fully saturated rings. The summed E-state index contributed by atoms with van der Waals surface area (Å²) in [5.41, 5.74) is 1.16. The van der Waals surface area contributed by atoms with E-state index >= 15 is 0 Å². The smallest absolute Gasteiger partial charge is 0.159 e. The Labute approximate surface area is 201 Å². The van der Waals surface area contributed by atoms with Crippen LogP contribution in [-0.2, 0) is 9.59 Å². The van der Waals surface area contributed by atoms with Gasteiger partial charge in [-0.3, -0.25) is 9.59 Å². The molecule has 0 amide bonds. The molecule has 33 heavy (non-hydrogen) atoms. The molecule has 0 aliphatic heterocycles. The first-order valence-corrected chi connectivity index (χ1v) is 13.6. The van der Waals surface area contributed by atoms with E-state index in [1.165, 1.54) is 12.0 Å². The fraction of sp³-hybridized carbons (Fsp3) is 0.867. The van der Waals surface area contributed by atoms with Crippen LogP contribution in [0.4, 0.5) is 0 Å². The average molecular weight is 455 g/mol. The van der Waals surface area contributed by atoms with Crippen LogP contribution in [0, 0.1) is 50.7 Å². The number of carbonyl (C=O) groups is 2. The second-order valence-corrected chi connectivity index (χ2v) is 14.7. The summed E-state index contributed by atoms with van der Waals surface area (Å²) in [5, 5.41) is 10.8. The fourth-order valence-electron chi connectivity index (χ4n) is 10.7. The number of aliphatic hydroxyl groups excluding tert-OH is 1. The first kappa shape index (κ1) is 23.8. The van der Waals surface area contributed by atoms with Crippen molar-refractivity contribution in [3.63, 3.8) is 0 Å². The molecule has 0 bridgehead atoms. The van der Waals surface area contributed by atoms with Crippen molar-refractivity contribution in [1.29, 1.82) is 0 Å². The van der Waals surface area contributed by atoms with Crippen LogP contribution in [0.1, 0.15) is 106 Å². The van der Waals surface area contributed by atoms with Gasteiger partial charge < -0.3 is 5.11 Å². The number of rotatable bonds is 0. The standard InChI is InChI=1S/C30H46O3/c1-26(2)21-10-13-28(5)17-18-16-20(31)25-27(3,4)24(33)11-14-29(25,6)19(18)8-9-22(28)30(21,7)15-12-23(26)32/h16,19,21-22,24-25,33H,8-15,17H2,1-7H3/t19-,21-,22-,24+,25-,28-,29+,30-/m0/s1. The van der Waals surface area contributed by atoms with Crippen LogP contribution in [0.5, 0.6) is 0 Å². The van der Waals surface area contributed by atoms with Crippen molar-refractivity contribution in [2.75, 3.05) is 0 Å². The minimum atomic E-state index is -0.401. The van der Waals surface area contributed by atoms with Gasteiger partial charge in [-0.2, -0.15) is 0 Å². The maximum atomic E-state index is 13.6. The molecule has 0 aromatic rings. The van der Waals surface area contributed by atoms with Gasteiger partial charge in [0.05, 0.1) is 6.10 Å². The normalized spacial score (nSPS) is 50.8. The number of aliphatic hydroxyl groups is 1. The zero-order valence-electron chi connectivity index (χ0n) is 22.1. The predicted octanol–water partition coefficient (Wildman–Crippen LogP) is 6.53. The van der Waals surface area contributed by atoms with Gasteiger partial charge in [0.1, 0.15) is 5.78 Å². The number of allylic oxidation sites excluding steroid dienone is 2. The van der Waals surface area contributed by atoms with E-state index < -0.39 is 6.10 Å². The highest BCUT2D eigenvalue weighted by Crippen LogP contribution is 2.69. The van der Waals surface area contributed by atoms with Gasteiger partial charge in [0.15, 0.2) is 5.78 Å². The number of hydrogen-bond donors (Lipinski definition) is 1. The zero-order valence-corrected chi connectivity index (χ0v) is 22.1. The molecule has 3 heteroatoms. The molecule has 5 rings (SSSR count). The molecule has 0 aromatic heterocycles. The third-order valence-electron chi connectivity index (χ3n) is 12.3. The predicted molar refractivity (Wildman–Crippen MR) is 131 cm³/mol. The van der Waals surface area contributed by atoms with Crippen molar-refractivity contribution in [3.05, 3.63) is 11.6 Å². The maximum absolute atomic E-state index is 13.6. The first-order chi connectivity index (χ1) is 15.2. The minimum absolute atomic E-state index is 0.0597. The SMILES string of the molecule is CC1(C)C(=O)CC[C@@]2(C)[C@H]1CC[C@@]1(C)CC3=CC(=O)[C@H]4C(C)(C)[C@H](O)CC[C@]4(C)[C@H]3CC[C@@H]12. The van der Waals surface area contributed by atoms with Crippen LogP contribution >= 0.6 is 0 Å². The average Bonchev–Trinajstić information content (AvgIpc) is 2.85. The van der Waals surface area contributed by atoms with E-state index in [1.54, 1.807) is 0 Å². The molecule has 1 N–H and O–H groups in total. The lowest BCUT2D eigenvalue weighted by molar-refractivity contribution is -0.159. The highest BCUT2D eigenvalue weighted by molar-refractivity contribution is 5.95. The molecular formula is C30H46O3. The lowest BCUT2D eigenvalue weighted by Gasteiger charge is -2.62. The fourth-order valence-corrected chi connectivity index (χ4v) is 10.7. The van der Waals surface area contributed by atoms with Crippen LogP contribution in [0.3, 0.4) is 0 Å². The summed E-state index contributed by atoms with van der Waals surface area (Å²) in [4.78, 5) is 26.5. The van der Waals surface area contributed by atoms with Crippen molar-refractivity contribution in [3.8, 4) is 0 Å². The number of hydrogen-bond acceptors (Lipinski definition) is 3. The lowest BCUT2D eigenvalue weighted by atomic mass is 9.42. The summed E-state index contributed by atoms with van der Waals surface area (Å²) >= 11 is 0. The van der Waals surface area contributed by atoms with E-state index in [0.29, 0.717) is 23.5 Å². The Morgan fingerprint density at radius 2 is 1.52 bits per heavy atom. The lowest BCUT2D eigenvalue weighted by Crippen LogP contribution is -2.57. The minimum Gasteiger partial charge on any atom is -0.393 e. The van der Waals surface area contributed by atoms with Crippen LogP contribution in [0.25, 0.3) is 0 Å². The summed E-state index contributed by atoms with van der Waals surface area (Å²) in [6.07, 6.45) is 10.8. The second-order valence-electron chi connectivity index (χ2n) is 14.7. The third-order valence-corrected chi connectivity index (χ3v) is 12.3. The van der Waals surface area contributed by atoms with Gasteiger partial charge >= 0.3 is 0 Å². The molecule has 4 saturated carbocycles. The molecule has 5 aliphatic carbocycles. The molecule has 0 aromatic carbocycles. The first-order valence-electron chi connectivity index (χ1n) is 13.6. The van der Waals surface area contributed by atoms with Gasteiger partial charge in [0.2, 0.25) is 0 Å². The Bertz CT molecular complexity index is 912. The van der Waals surface area contributed by atoms with Crippen molar-refractivity contribution in [2.45, 2.75) is 112 Å². The summed E-state index contributed by atoms with van der Waals surface area (Å²) < 4.78 is 0. The quantitative estimate of drug-likeness (QED) is 0.453. The molecule has 0 heterocycles. The van der Waals surface area contributed by atoms with Crippen LogP contribution in [-0.4, -0.2) is 22.8 Å². The Morgan fingerprint density at radius 1 is 0.818 bits per heavy atom. The summed E-state index contributed by atoms with van der Waals surface area (Å²) in [6, 6.07) is 0. The van der Waals surface area contributed by atoms with Crippen molar-refractivity contribution >= 4 is 11.6 Å². The molecule has 0 saturated heterocycles. The van der Waals surface area contributed by atoms with E-state index in [-0.39, 0.29) is 38.8 Å². The molecular weight excluding hydrogens is 408 g/mol. The largest absolute Gasteiger partial charge is 0.393 e. The van der Waals surface area contributed by atoms with Gasteiger partial charge in [-0.25, -0.2) is 0 Å². The molecule has 0 unspecified atom stereocenters. The van der Waals surface area contributed by atoms with Crippen molar-refractivity contribution < 1.29 is 14.7 Å². The molecule has 5 aliphatic rings. The molecule has 0 radical (unpaired) electrons. The Hall–Kier alpha value is -0.960. The molecule has 0 spiro atoms. The number of carbonyl (C=O) groups excluding carboxylic acids is 2. The van der Waals surface area contributed by atoms with Gasteiger partial charge in [0, 0.05) is 23.2 Å². The monoisotopic (exact) mass is 454 g/mol. The van der Waals surface area contributed by atoms with E-state index in [4.69, 9.17) is 0 Å². The maximum Gasteiger partial charge on any atom is 0.159 e. The van der Waals surface area contributed by atoms with Crippen molar-refractivity contribution in [2.24, 2.45) is 50.7 Å². The summed E-state index contributed by atoms with van der Waals surface area (Å²) in [6.45, 7) is 16.0. The highest BCUT2D eigenvalue weighted by Gasteiger charge is 2.64. The summed E-state index contributed by atoms with van der Waals surface area (Å²) in [5.74, 6) is 2.13.